The van der Waals surface area contributed by atoms with Gasteiger partial charge in [-0.15, -0.1) is 0 Å². The van der Waals surface area contributed by atoms with Crippen LogP contribution < -0.4 is 5.73 Å². The van der Waals surface area contributed by atoms with E-state index in [0.29, 0.717) is 0 Å². The summed E-state index contributed by atoms with van der Waals surface area (Å²) in [5.74, 6) is -1.06. The molecule has 0 saturated heterocycles. The summed E-state index contributed by atoms with van der Waals surface area (Å²) in [6, 6.07) is -0.918. The second kappa shape index (κ2) is 4.71. The van der Waals surface area contributed by atoms with Crippen molar-refractivity contribution in [3.05, 3.63) is 0 Å². The molecule has 5 heteroatoms. The number of ether oxygens (including phenoxy) is 2. The Morgan fingerprint density at radius 3 is 2.25 bits per heavy atom. The summed E-state index contributed by atoms with van der Waals surface area (Å²) in [7, 11) is 1.22. The zero-order valence-corrected chi connectivity index (χ0v) is 7.37. The molecule has 0 aliphatic heterocycles. The van der Waals surface area contributed by atoms with Gasteiger partial charge in [-0.2, -0.15) is 0 Å². The van der Waals surface area contributed by atoms with Gasteiger partial charge in [0.1, 0.15) is 12.1 Å². The van der Waals surface area contributed by atoms with Crippen molar-refractivity contribution >= 4 is 11.9 Å². The van der Waals surface area contributed by atoms with Crippen LogP contribution in [-0.2, 0) is 19.1 Å². The van der Waals surface area contributed by atoms with Crippen molar-refractivity contribution in [1.29, 1.82) is 0 Å². The number of hydrogen-bond donors (Lipinski definition) is 1. The second-order valence-electron chi connectivity index (χ2n) is 2.36. The predicted molar refractivity (Wildman–Crippen MR) is 41.2 cm³/mol. The Bertz CT molecular complexity index is 180. The first-order valence-corrected chi connectivity index (χ1v) is 3.49. The van der Waals surface area contributed by atoms with Crippen LogP contribution in [0.2, 0.25) is 0 Å². The van der Waals surface area contributed by atoms with Gasteiger partial charge in [-0.05, 0) is 6.92 Å². The lowest BCUT2D eigenvalue weighted by Crippen LogP contribution is -2.43. The lowest BCUT2D eigenvalue weighted by molar-refractivity contribution is -0.153. The topological polar surface area (TPSA) is 78.6 Å². The maximum atomic E-state index is 10.8. The number of rotatable bonds is 3. The molecule has 0 fully saturated rings. The van der Waals surface area contributed by atoms with E-state index in [9.17, 15) is 9.59 Å². The van der Waals surface area contributed by atoms with Gasteiger partial charge in [0.05, 0.1) is 7.11 Å². The van der Waals surface area contributed by atoms with E-state index in [1.54, 1.807) is 0 Å². The van der Waals surface area contributed by atoms with Gasteiger partial charge in [0, 0.05) is 6.92 Å². The van der Waals surface area contributed by atoms with Crippen molar-refractivity contribution in [2.45, 2.75) is 26.0 Å². The highest BCUT2D eigenvalue weighted by Crippen LogP contribution is 1.98. The van der Waals surface area contributed by atoms with Gasteiger partial charge in [-0.3, -0.25) is 9.59 Å². The Balaban J connectivity index is 4.00. The highest BCUT2D eigenvalue weighted by Gasteiger charge is 2.23. The molecule has 0 saturated carbocycles. The lowest BCUT2D eigenvalue weighted by Gasteiger charge is -2.16. The number of carbonyl (C=O) groups excluding carboxylic acids is 2. The van der Waals surface area contributed by atoms with Gasteiger partial charge in [0.25, 0.3) is 0 Å². The van der Waals surface area contributed by atoms with Crippen molar-refractivity contribution < 1.29 is 19.1 Å². The molecule has 0 bridgehead atoms. The Hall–Kier alpha value is -1.10. The average Bonchev–Trinajstić information content (AvgIpc) is 2.00. The molecule has 0 aromatic heterocycles. The minimum Gasteiger partial charge on any atom is -0.468 e. The lowest BCUT2D eigenvalue weighted by atomic mass is 10.2. The van der Waals surface area contributed by atoms with E-state index in [1.165, 1.54) is 21.0 Å². The van der Waals surface area contributed by atoms with E-state index in [2.05, 4.69) is 9.47 Å². The molecule has 0 heterocycles. The van der Waals surface area contributed by atoms with Crippen LogP contribution >= 0.6 is 0 Å². The summed E-state index contributed by atoms with van der Waals surface area (Å²) in [6.07, 6.45) is -0.657. The van der Waals surface area contributed by atoms with Crippen LogP contribution in [0.1, 0.15) is 13.8 Å². The number of nitrogens with two attached hydrogens (primary N) is 1. The molecule has 0 aromatic rings. The van der Waals surface area contributed by atoms with Crippen LogP contribution in [0.4, 0.5) is 0 Å². The molecule has 5 nitrogen and oxygen atoms in total. The van der Waals surface area contributed by atoms with E-state index in [0.717, 1.165) is 0 Å². The van der Waals surface area contributed by atoms with Gasteiger partial charge in [0.2, 0.25) is 0 Å². The number of esters is 2. The third-order valence-electron chi connectivity index (χ3n) is 1.33. The quantitative estimate of drug-likeness (QED) is 0.581. The van der Waals surface area contributed by atoms with Crippen molar-refractivity contribution in [2.24, 2.45) is 5.73 Å². The molecule has 0 rings (SSSR count). The maximum absolute atomic E-state index is 10.8. The number of carbonyl (C=O) groups is 2. The summed E-state index contributed by atoms with van der Waals surface area (Å²) in [6.45, 7) is 2.78. The smallest absolute Gasteiger partial charge is 0.326 e. The van der Waals surface area contributed by atoms with E-state index < -0.39 is 24.1 Å². The molecule has 0 aromatic carbocycles. The minimum absolute atomic E-state index is 0.471. The normalized spacial score (nSPS) is 14.7. The third-order valence-corrected chi connectivity index (χ3v) is 1.33. The Kier molecular flexibility index (Phi) is 4.28. The molecule has 0 amide bonds. The molecule has 70 valence electrons. The maximum Gasteiger partial charge on any atom is 0.326 e. The fourth-order valence-electron chi connectivity index (χ4n) is 0.663. The highest BCUT2D eigenvalue weighted by molar-refractivity contribution is 5.76. The molecule has 2 N–H and O–H groups in total. The molecule has 0 unspecified atom stereocenters. The molecule has 0 aliphatic carbocycles. The van der Waals surface area contributed by atoms with E-state index in [4.69, 9.17) is 5.73 Å². The second-order valence-corrected chi connectivity index (χ2v) is 2.36. The Morgan fingerprint density at radius 1 is 1.42 bits per heavy atom. The molecular formula is C7H13NO4. The molecule has 12 heavy (non-hydrogen) atoms. The largest absolute Gasteiger partial charge is 0.468 e. The monoisotopic (exact) mass is 175 g/mol. The summed E-state index contributed by atoms with van der Waals surface area (Å²) >= 11 is 0. The van der Waals surface area contributed by atoms with Crippen LogP contribution in [0.15, 0.2) is 0 Å². The molecule has 2 atom stereocenters. The van der Waals surface area contributed by atoms with Gasteiger partial charge in [-0.1, -0.05) is 0 Å². The van der Waals surface area contributed by atoms with Crippen LogP contribution in [0, 0.1) is 0 Å². The summed E-state index contributed by atoms with van der Waals surface area (Å²) in [5.41, 5.74) is 5.37. The minimum atomic E-state index is -0.918. The fourth-order valence-corrected chi connectivity index (χ4v) is 0.663. The van der Waals surface area contributed by atoms with Gasteiger partial charge in [0.15, 0.2) is 0 Å². The summed E-state index contributed by atoms with van der Waals surface area (Å²) < 4.78 is 9.03. The van der Waals surface area contributed by atoms with Crippen LogP contribution in [0.5, 0.6) is 0 Å². The molecule has 0 spiro atoms. The van der Waals surface area contributed by atoms with Crippen molar-refractivity contribution in [3.63, 3.8) is 0 Å². The van der Waals surface area contributed by atoms with Gasteiger partial charge >= 0.3 is 11.9 Å². The van der Waals surface area contributed by atoms with E-state index >= 15 is 0 Å². The van der Waals surface area contributed by atoms with Crippen molar-refractivity contribution in [3.8, 4) is 0 Å². The van der Waals surface area contributed by atoms with E-state index in [-0.39, 0.29) is 0 Å². The Morgan fingerprint density at radius 2 is 1.92 bits per heavy atom. The first-order valence-electron chi connectivity index (χ1n) is 3.49. The average molecular weight is 175 g/mol. The highest BCUT2D eigenvalue weighted by atomic mass is 16.6. The standard InChI is InChI=1S/C7H13NO4/c1-4(12-5(2)9)6(8)7(10)11-3/h4,6H,8H2,1-3H3/t4-,6+/m1/s1. The van der Waals surface area contributed by atoms with E-state index in [1.807, 2.05) is 0 Å². The third kappa shape index (κ3) is 3.34. The van der Waals surface area contributed by atoms with Crippen LogP contribution in [-0.4, -0.2) is 31.2 Å². The number of hydrogen-bond acceptors (Lipinski definition) is 5. The van der Waals surface area contributed by atoms with Gasteiger partial charge < -0.3 is 15.2 Å². The zero-order valence-electron chi connectivity index (χ0n) is 7.37. The van der Waals surface area contributed by atoms with Crippen LogP contribution in [0.3, 0.4) is 0 Å². The van der Waals surface area contributed by atoms with Crippen molar-refractivity contribution in [1.82, 2.24) is 0 Å². The van der Waals surface area contributed by atoms with Gasteiger partial charge in [-0.25, -0.2) is 0 Å². The number of methoxy groups -OCH3 is 1. The predicted octanol–water partition coefficient (Wildman–Crippen LogP) is -0.562. The van der Waals surface area contributed by atoms with Crippen LogP contribution in [0.25, 0.3) is 0 Å². The fraction of sp³-hybridized carbons (Fsp3) is 0.714. The molecule has 0 radical (unpaired) electrons. The molecular weight excluding hydrogens is 162 g/mol. The zero-order chi connectivity index (χ0) is 9.72. The Labute approximate surface area is 70.8 Å². The summed E-state index contributed by atoms with van der Waals surface area (Å²) in [5, 5.41) is 0. The summed E-state index contributed by atoms with van der Waals surface area (Å²) in [4.78, 5) is 21.2. The van der Waals surface area contributed by atoms with Crippen molar-refractivity contribution in [2.75, 3.05) is 7.11 Å². The first kappa shape index (κ1) is 10.9. The first-order chi connectivity index (χ1) is 5.49. The molecule has 0 aliphatic rings. The SMILES string of the molecule is COC(=O)[C@@H](N)[C@@H](C)OC(C)=O.